The molecule has 34 heavy (non-hydrogen) atoms. The van der Waals surface area contributed by atoms with Crippen LogP contribution in [0.2, 0.25) is 0 Å². The monoisotopic (exact) mass is 534 g/mol. The molecule has 3 heterocycles. The smallest absolute Gasteiger partial charge is 0.223 e. The van der Waals surface area contributed by atoms with Crippen LogP contribution in [0, 0.1) is 0 Å². The molecule has 1 N–H and O–H groups in total. The van der Waals surface area contributed by atoms with Gasteiger partial charge in [-0.05, 0) is 36.3 Å². The molecule has 9 heteroatoms. The first-order valence-corrected chi connectivity index (χ1v) is 12.8. The van der Waals surface area contributed by atoms with Gasteiger partial charge in [0.05, 0.1) is 24.4 Å². The molecule has 0 radical (unpaired) electrons. The Morgan fingerprint density at radius 1 is 1.00 bits per heavy atom. The highest BCUT2D eigenvalue weighted by Crippen LogP contribution is 2.37. The summed E-state index contributed by atoms with van der Waals surface area (Å²) in [4.78, 5) is 8.62. The van der Waals surface area contributed by atoms with Crippen molar-refractivity contribution in [1.29, 1.82) is 0 Å². The number of fused-ring (bicyclic) bond motifs is 1. The van der Waals surface area contributed by atoms with Crippen LogP contribution in [0.15, 0.2) is 66.9 Å². The number of halogens is 3. The molecule has 0 spiro atoms. The lowest BCUT2D eigenvalue weighted by Crippen LogP contribution is -2.59. The second-order valence-corrected chi connectivity index (χ2v) is 11.4. The number of pyridine rings is 1. The van der Waals surface area contributed by atoms with Crippen LogP contribution in [-0.2, 0) is 4.74 Å². The molecule has 2 aliphatic heterocycles. The number of ether oxygens (including phenoxy) is 1. The maximum atomic E-state index is 6.50. The molecular formula is C25H25Cl3N4OS. The van der Waals surface area contributed by atoms with Crippen molar-refractivity contribution in [3.05, 3.63) is 72.4 Å². The number of nitrogens with zero attached hydrogens (tertiary/aromatic N) is 3. The summed E-state index contributed by atoms with van der Waals surface area (Å²) in [6.45, 7) is 2.55. The van der Waals surface area contributed by atoms with E-state index in [1.807, 2.05) is 41.3 Å². The minimum Gasteiger partial charge on any atom is -0.379 e. The van der Waals surface area contributed by atoms with E-state index in [0.29, 0.717) is 31.4 Å². The van der Waals surface area contributed by atoms with E-state index in [0.717, 1.165) is 23.0 Å². The summed E-state index contributed by atoms with van der Waals surface area (Å²) in [5, 5.41) is 5.22. The number of hydrogen-bond acceptors (Lipinski definition) is 4. The van der Waals surface area contributed by atoms with E-state index >= 15 is 0 Å². The van der Waals surface area contributed by atoms with Gasteiger partial charge in [0.2, 0.25) is 3.79 Å². The number of thiocarbonyl (C=S) groups is 1. The van der Waals surface area contributed by atoms with Gasteiger partial charge in [0.25, 0.3) is 0 Å². The summed E-state index contributed by atoms with van der Waals surface area (Å²) >= 11 is 25.4. The van der Waals surface area contributed by atoms with E-state index in [2.05, 4.69) is 39.5 Å². The SMILES string of the molecule is S=C1N(c2cccc3cccnc23)CCN1C(NC1COCC(c2ccccc2)C1)C(Cl)(Cl)Cl. The third kappa shape index (κ3) is 4.99. The highest BCUT2D eigenvalue weighted by atomic mass is 35.6. The second kappa shape index (κ2) is 10.1. The molecule has 5 nitrogen and oxygen atoms in total. The van der Waals surface area contributed by atoms with Crippen LogP contribution < -0.4 is 10.2 Å². The molecule has 2 saturated heterocycles. The Balaban J connectivity index is 1.35. The molecule has 0 aliphatic carbocycles. The number of anilines is 1. The Morgan fingerprint density at radius 2 is 1.79 bits per heavy atom. The molecule has 3 atom stereocenters. The summed E-state index contributed by atoms with van der Waals surface area (Å²) < 4.78 is 4.34. The lowest BCUT2D eigenvalue weighted by molar-refractivity contribution is 0.0447. The standard InChI is InChI=1S/C25H25Cl3N4OS/c26-25(27,28)23(30-20-14-19(15-33-16-20)17-6-2-1-3-7-17)32-13-12-31(24(32)34)21-10-4-8-18-9-5-11-29-22(18)21/h1-11,19-20,23,30H,12-16H2. The fraction of sp³-hybridized carbons (Fsp3) is 0.360. The van der Waals surface area contributed by atoms with Crippen molar-refractivity contribution in [2.75, 3.05) is 31.2 Å². The van der Waals surface area contributed by atoms with Gasteiger partial charge in [-0.2, -0.15) is 0 Å². The van der Waals surface area contributed by atoms with Crippen LogP contribution in [0.1, 0.15) is 17.9 Å². The number of para-hydroxylation sites is 1. The highest BCUT2D eigenvalue weighted by molar-refractivity contribution is 7.80. The molecule has 3 aromatic rings. The Kier molecular flexibility index (Phi) is 7.17. The minimum absolute atomic E-state index is 0.0238. The van der Waals surface area contributed by atoms with Gasteiger partial charge >= 0.3 is 0 Å². The first kappa shape index (κ1) is 24.0. The van der Waals surface area contributed by atoms with Crippen molar-refractivity contribution in [2.24, 2.45) is 0 Å². The zero-order valence-electron chi connectivity index (χ0n) is 18.4. The van der Waals surface area contributed by atoms with Crippen LogP contribution in [0.4, 0.5) is 5.69 Å². The fourth-order valence-electron chi connectivity index (χ4n) is 4.81. The predicted molar refractivity (Wildman–Crippen MR) is 144 cm³/mol. The molecular weight excluding hydrogens is 511 g/mol. The molecule has 2 aliphatic rings. The lowest BCUT2D eigenvalue weighted by atomic mass is 9.91. The maximum absolute atomic E-state index is 6.50. The van der Waals surface area contributed by atoms with Crippen LogP contribution in [0.25, 0.3) is 10.9 Å². The molecule has 1 aromatic heterocycles. The van der Waals surface area contributed by atoms with Gasteiger partial charge in [-0.15, -0.1) is 0 Å². The molecule has 178 valence electrons. The molecule has 5 rings (SSSR count). The topological polar surface area (TPSA) is 40.6 Å². The van der Waals surface area contributed by atoms with Crippen molar-refractivity contribution in [3.63, 3.8) is 0 Å². The lowest BCUT2D eigenvalue weighted by Gasteiger charge is -2.40. The van der Waals surface area contributed by atoms with Gasteiger partial charge in [-0.3, -0.25) is 10.3 Å². The number of aromatic nitrogens is 1. The Bertz CT molecular complexity index is 1150. The van der Waals surface area contributed by atoms with Crippen molar-refractivity contribution in [3.8, 4) is 0 Å². The molecule has 0 saturated carbocycles. The van der Waals surface area contributed by atoms with E-state index in [1.54, 1.807) is 6.20 Å². The quantitative estimate of drug-likeness (QED) is 0.344. The van der Waals surface area contributed by atoms with E-state index < -0.39 is 9.96 Å². The Hall–Kier alpha value is -1.67. The van der Waals surface area contributed by atoms with Gasteiger partial charge < -0.3 is 14.5 Å². The van der Waals surface area contributed by atoms with Crippen LogP contribution >= 0.6 is 47.0 Å². The predicted octanol–water partition coefficient (Wildman–Crippen LogP) is 5.50. The molecule has 0 bridgehead atoms. The second-order valence-electron chi connectivity index (χ2n) is 8.67. The average Bonchev–Trinajstić information content (AvgIpc) is 3.22. The van der Waals surface area contributed by atoms with Gasteiger partial charge in [-0.25, -0.2) is 0 Å². The van der Waals surface area contributed by atoms with Crippen molar-refractivity contribution in [1.82, 2.24) is 15.2 Å². The number of benzene rings is 2. The van der Waals surface area contributed by atoms with Crippen LogP contribution in [0.3, 0.4) is 0 Å². The molecule has 0 amide bonds. The zero-order valence-corrected chi connectivity index (χ0v) is 21.5. The first-order valence-electron chi connectivity index (χ1n) is 11.3. The summed E-state index contributed by atoms with van der Waals surface area (Å²) in [5.41, 5.74) is 3.11. The van der Waals surface area contributed by atoms with Crippen LogP contribution in [0.5, 0.6) is 0 Å². The summed E-state index contributed by atoms with van der Waals surface area (Å²) in [7, 11) is 0. The summed E-state index contributed by atoms with van der Waals surface area (Å²) in [5.74, 6) is 0.285. The highest BCUT2D eigenvalue weighted by Gasteiger charge is 2.44. The average molecular weight is 536 g/mol. The third-order valence-corrected chi connectivity index (χ3v) is 7.51. The maximum Gasteiger partial charge on any atom is 0.223 e. The van der Waals surface area contributed by atoms with Gasteiger partial charge in [-0.1, -0.05) is 83.3 Å². The Morgan fingerprint density at radius 3 is 2.59 bits per heavy atom. The number of nitrogens with one attached hydrogen (secondary N) is 1. The normalized spacial score (nSPS) is 22.4. The summed E-state index contributed by atoms with van der Waals surface area (Å²) in [6, 6.07) is 20.5. The van der Waals surface area contributed by atoms with Gasteiger partial charge in [0, 0.05) is 36.6 Å². The minimum atomic E-state index is -1.59. The zero-order chi connectivity index (χ0) is 23.7. The van der Waals surface area contributed by atoms with Crippen LogP contribution in [-0.4, -0.2) is 57.3 Å². The van der Waals surface area contributed by atoms with E-state index in [9.17, 15) is 0 Å². The van der Waals surface area contributed by atoms with Gasteiger partial charge in [0.1, 0.15) is 6.17 Å². The summed E-state index contributed by atoms with van der Waals surface area (Å²) in [6.07, 6.45) is 2.08. The first-order chi connectivity index (χ1) is 16.4. The van der Waals surface area contributed by atoms with E-state index in [-0.39, 0.29) is 12.0 Å². The number of hydrogen-bond donors (Lipinski definition) is 1. The largest absolute Gasteiger partial charge is 0.379 e. The Labute approximate surface area is 219 Å². The number of rotatable bonds is 5. The molecule has 3 unspecified atom stereocenters. The van der Waals surface area contributed by atoms with Crippen molar-refractivity contribution >= 4 is 68.7 Å². The van der Waals surface area contributed by atoms with Crippen molar-refractivity contribution in [2.45, 2.75) is 28.3 Å². The fourth-order valence-corrected chi connectivity index (χ4v) is 5.74. The van der Waals surface area contributed by atoms with E-state index in [4.69, 9.17) is 51.8 Å². The van der Waals surface area contributed by atoms with E-state index in [1.165, 1.54) is 5.56 Å². The molecule has 2 aromatic carbocycles. The third-order valence-electron chi connectivity index (χ3n) is 6.44. The van der Waals surface area contributed by atoms with Gasteiger partial charge in [0.15, 0.2) is 5.11 Å². The van der Waals surface area contributed by atoms with Crippen molar-refractivity contribution < 1.29 is 4.74 Å². The molecule has 2 fully saturated rings. The number of alkyl halides is 3.